The minimum absolute atomic E-state index is 0.164. The number of benzene rings is 1. The van der Waals surface area contributed by atoms with Gasteiger partial charge in [-0.05, 0) is 31.0 Å². The predicted octanol–water partition coefficient (Wildman–Crippen LogP) is 1.65. The number of hydrogen-bond donors (Lipinski definition) is 2. The van der Waals surface area contributed by atoms with Crippen LogP contribution in [0.5, 0.6) is 0 Å². The number of ether oxygens (including phenoxy) is 1. The highest BCUT2D eigenvalue weighted by Gasteiger charge is 2.31. The van der Waals surface area contributed by atoms with Crippen molar-refractivity contribution in [2.24, 2.45) is 5.73 Å². The topological polar surface area (TPSA) is 64.4 Å². The highest BCUT2D eigenvalue weighted by molar-refractivity contribution is 5.77. The molecule has 0 aliphatic carbocycles. The molecule has 1 aromatic rings. The van der Waals surface area contributed by atoms with Crippen LogP contribution in [-0.4, -0.2) is 24.6 Å². The summed E-state index contributed by atoms with van der Waals surface area (Å²) in [7, 11) is 0. The van der Waals surface area contributed by atoms with Crippen molar-refractivity contribution in [1.82, 2.24) is 5.32 Å². The second-order valence-corrected chi connectivity index (χ2v) is 5.11. The SMILES string of the molecule is CC(N)CC(=O)NC1CCOC1c1ccc(F)c(F)c1. The van der Waals surface area contributed by atoms with Crippen LogP contribution in [0.3, 0.4) is 0 Å². The smallest absolute Gasteiger partial charge is 0.221 e. The molecule has 1 heterocycles. The Kier molecular flexibility index (Phi) is 4.67. The quantitative estimate of drug-likeness (QED) is 0.883. The van der Waals surface area contributed by atoms with Crippen LogP contribution in [0.2, 0.25) is 0 Å². The highest BCUT2D eigenvalue weighted by Crippen LogP contribution is 2.30. The first-order valence-electron chi connectivity index (χ1n) is 6.59. The summed E-state index contributed by atoms with van der Waals surface area (Å²) in [6.07, 6.45) is 0.400. The van der Waals surface area contributed by atoms with E-state index in [0.717, 1.165) is 12.1 Å². The van der Waals surface area contributed by atoms with Crippen LogP contribution >= 0.6 is 0 Å². The van der Waals surface area contributed by atoms with Gasteiger partial charge in [0.1, 0.15) is 6.10 Å². The van der Waals surface area contributed by atoms with E-state index in [1.165, 1.54) is 6.07 Å². The Hall–Kier alpha value is -1.53. The van der Waals surface area contributed by atoms with Gasteiger partial charge in [0, 0.05) is 19.1 Å². The number of carbonyl (C=O) groups is 1. The molecule has 4 nitrogen and oxygen atoms in total. The van der Waals surface area contributed by atoms with Gasteiger partial charge in [0.25, 0.3) is 0 Å². The maximum absolute atomic E-state index is 13.3. The monoisotopic (exact) mass is 284 g/mol. The fraction of sp³-hybridized carbons (Fsp3) is 0.500. The van der Waals surface area contributed by atoms with Crippen molar-refractivity contribution in [3.05, 3.63) is 35.4 Å². The zero-order valence-corrected chi connectivity index (χ0v) is 11.2. The largest absolute Gasteiger partial charge is 0.371 e. The summed E-state index contributed by atoms with van der Waals surface area (Å²) in [6.45, 7) is 2.21. The first-order chi connectivity index (χ1) is 9.47. The van der Waals surface area contributed by atoms with Crippen LogP contribution in [0.4, 0.5) is 8.78 Å². The Morgan fingerprint density at radius 1 is 1.50 bits per heavy atom. The Morgan fingerprint density at radius 3 is 2.90 bits per heavy atom. The number of rotatable bonds is 4. The van der Waals surface area contributed by atoms with Crippen LogP contribution in [0.25, 0.3) is 0 Å². The molecule has 1 saturated heterocycles. The molecule has 0 saturated carbocycles. The van der Waals surface area contributed by atoms with Crippen molar-refractivity contribution in [3.63, 3.8) is 0 Å². The minimum atomic E-state index is -0.918. The molecule has 3 N–H and O–H groups in total. The van der Waals surface area contributed by atoms with Gasteiger partial charge in [0.05, 0.1) is 6.04 Å². The number of nitrogens with two attached hydrogens (primary N) is 1. The second-order valence-electron chi connectivity index (χ2n) is 5.11. The Labute approximate surface area is 116 Å². The highest BCUT2D eigenvalue weighted by atomic mass is 19.2. The molecular formula is C14H18F2N2O2. The molecule has 110 valence electrons. The van der Waals surface area contributed by atoms with Crippen LogP contribution in [0, 0.1) is 11.6 Å². The molecule has 1 aliphatic heterocycles. The molecular weight excluding hydrogens is 266 g/mol. The van der Waals surface area contributed by atoms with Crippen molar-refractivity contribution in [2.45, 2.75) is 38.0 Å². The maximum Gasteiger partial charge on any atom is 0.221 e. The lowest BCUT2D eigenvalue weighted by Crippen LogP contribution is -2.39. The summed E-state index contributed by atoms with van der Waals surface area (Å²) in [5.41, 5.74) is 6.09. The van der Waals surface area contributed by atoms with Gasteiger partial charge in [-0.1, -0.05) is 6.07 Å². The van der Waals surface area contributed by atoms with Gasteiger partial charge in [-0.15, -0.1) is 0 Å². The zero-order valence-electron chi connectivity index (χ0n) is 11.2. The fourth-order valence-electron chi connectivity index (χ4n) is 2.31. The normalized spacial score (nSPS) is 23.6. The number of halogens is 2. The number of nitrogens with one attached hydrogen (secondary N) is 1. The Morgan fingerprint density at radius 2 is 2.25 bits per heavy atom. The molecule has 1 amide bonds. The molecule has 6 heteroatoms. The summed E-state index contributed by atoms with van der Waals surface area (Å²) >= 11 is 0. The van der Waals surface area contributed by atoms with Gasteiger partial charge < -0.3 is 15.8 Å². The fourth-order valence-corrected chi connectivity index (χ4v) is 2.31. The molecule has 1 aliphatic rings. The second kappa shape index (κ2) is 6.28. The molecule has 2 rings (SSSR count). The van der Waals surface area contributed by atoms with Gasteiger partial charge in [-0.25, -0.2) is 8.78 Å². The summed E-state index contributed by atoms with van der Waals surface area (Å²) in [6, 6.07) is 3.17. The van der Waals surface area contributed by atoms with Crippen molar-refractivity contribution < 1.29 is 18.3 Å². The standard InChI is InChI=1S/C14H18F2N2O2/c1-8(17)6-13(19)18-12-4-5-20-14(12)9-2-3-10(15)11(16)7-9/h2-3,7-8,12,14H,4-6,17H2,1H3,(H,18,19). The molecule has 3 atom stereocenters. The van der Waals surface area contributed by atoms with Crippen LogP contribution in [0.1, 0.15) is 31.4 Å². The van der Waals surface area contributed by atoms with E-state index >= 15 is 0 Å². The van der Waals surface area contributed by atoms with E-state index in [2.05, 4.69) is 5.32 Å². The molecule has 0 aromatic heterocycles. The molecule has 3 unspecified atom stereocenters. The van der Waals surface area contributed by atoms with E-state index in [4.69, 9.17) is 10.5 Å². The molecule has 1 aromatic carbocycles. The van der Waals surface area contributed by atoms with Gasteiger partial charge in [0.15, 0.2) is 11.6 Å². The number of carbonyl (C=O) groups excluding carboxylic acids is 1. The summed E-state index contributed by atoms with van der Waals surface area (Å²) in [5, 5.41) is 2.83. The third-order valence-electron chi connectivity index (χ3n) is 3.22. The van der Waals surface area contributed by atoms with Crippen molar-refractivity contribution in [3.8, 4) is 0 Å². The zero-order chi connectivity index (χ0) is 14.7. The Bertz CT molecular complexity index is 494. The average molecular weight is 284 g/mol. The third kappa shape index (κ3) is 3.52. The molecule has 0 radical (unpaired) electrons. The molecule has 0 bridgehead atoms. The first-order valence-corrected chi connectivity index (χ1v) is 6.59. The molecule has 0 spiro atoms. The first kappa shape index (κ1) is 14.9. The number of hydrogen-bond acceptors (Lipinski definition) is 3. The van der Waals surface area contributed by atoms with E-state index < -0.39 is 17.7 Å². The van der Waals surface area contributed by atoms with Gasteiger partial charge in [-0.2, -0.15) is 0 Å². The van der Waals surface area contributed by atoms with E-state index in [1.807, 2.05) is 0 Å². The van der Waals surface area contributed by atoms with Crippen molar-refractivity contribution >= 4 is 5.91 Å². The summed E-state index contributed by atoms with van der Waals surface area (Å²) in [4.78, 5) is 11.7. The van der Waals surface area contributed by atoms with Crippen LogP contribution < -0.4 is 11.1 Å². The average Bonchev–Trinajstić information content (AvgIpc) is 2.79. The number of amides is 1. The van der Waals surface area contributed by atoms with Crippen LogP contribution in [0.15, 0.2) is 18.2 Å². The van der Waals surface area contributed by atoms with Gasteiger partial charge in [0.2, 0.25) is 5.91 Å². The van der Waals surface area contributed by atoms with E-state index in [9.17, 15) is 13.6 Å². The third-order valence-corrected chi connectivity index (χ3v) is 3.22. The lowest BCUT2D eigenvalue weighted by Gasteiger charge is -2.21. The van der Waals surface area contributed by atoms with Gasteiger partial charge >= 0.3 is 0 Å². The minimum Gasteiger partial charge on any atom is -0.371 e. The molecule has 1 fully saturated rings. The van der Waals surface area contributed by atoms with Crippen LogP contribution in [-0.2, 0) is 9.53 Å². The lowest BCUT2D eigenvalue weighted by molar-refractivity contribution is -0.122. The maximum atomic E-state index is 13.3. The predicted molar refractivity (Wildman–Crippen MR) is 69.9 cm³/mol. The summed E-state index contributed by atoms with van der Waals surface area (Å²) < 4.78 is 31.7. The van der Waals surface area contributed by atoms with Crippen molar-refractivity contribution in [2.75, 3.05) is 6.61 Å². The summed E-state index contributed by atoms with van der Waals surface area (Å²) in [5.74, 6) is -1.98. The molecule has 20 heavy (non-hydrogen) atoms. The van der Waals surface area contributed by atoms with E-state index in [-0.39, 0.29) is 24.4 Å². The van der Waals surface area contributed by atoms with Gasteiger partial charge in [-0.3, -0.25) is 4.79 Å². The van der Waals surface area contributed by atoms with E-state index in [0.29, 0.717) is 18.6 Å². The van der Waals surface area contributed by atoms with E-state index in [1.54, 1.807) is 6.92 Å². The lowest BCUT2D eigenvalue weighted by atomic mass is 10.0. The van der Waals surface area contributed by atoms with Crippen molar-refractivity contribution in [1.29, 1.82) is 0 Å². The Balaban J connectivity index is 2.06.